The molecule has 1 aliphatic rings. The first-order chi connectivity index (χ1) is 13.1. The molecule has 1 aromatic carbocycles. The molecule has 1 aliphatic heterocycles. The molecule has 1 amide bonds. The number of aromatic nitrogens is 1. The fourth-order valence-corrected chi connectivity index (χ4v) is 4.36. The fourth-order valence-electron chi connectivity index (χ4n) is 3.01. The number of Topliss-reactive ketones (excluding diaryl/α,β-unsaturated/α-hetero) is 1. The molecule has 0 fully saturated rings. The smallest absolute Gasteiger partial charge is 0.296 e. The predicted octanol–water partition coefficient (Wildman–Crippen LogP) is 4.00. The summed E-state index contributed by atoms with van der Waals surface area (Å²) < 4.78 is 5.19. The van der Waals surface area contributed by atoms with Crippen LogP contribution in [0.1, 0.15) is 21.3 Å². The Balaban J connectivity index is 1.86. The zero-order valence-corrected chi connectivity index (χ0v) is 15.8. The number of hydrogen-bond donors (Lipinski definition) is 1. The van der Waals surface area contributed by atoms with Gasteiger partial charge in [-0.15, -0.1) is 22.7 Å². The number of aliphatic hydroxyl groups excluding tert-OH is 1. The van der Waals surface area contributed by atoms with Crippen molar-refractivity contribution in [2.24, 2.45) is 0 Å². The Labute approximate surface area is 163 Å². The average Bonchev–Trinajstić information content (AvgIpc) is 3.44. The number of thiazole rings is 1. The molecule has 8 heteroatoms. The quantitative estimate of drug-likeness (QED) is 0.657. The van der Waals surface area contributed by atoms with Gasteiger partial charge in [-0.3, -0.25) is 14.5 Å². The lowest BCUT2D eigenvalue weighted by molar-refractivity contribution is -0.117. The number of benzene rings is 1. The summed E-state index contributed by atoms with van der Waals surface area (Å²) in [6, 6.07) is 9.73. The Morgan fingerprint density at radius 2 is 1.96 bits per heavy atom. The van der Waals surface area contributed by atoms with Crippen molar-refractivity contribution in [2.75, 3.05) is 12.0 Å². The molecule has 3 aromatic rings. The van der Waals surface area contributed by atoms with E-state index in [1.54, 1.807) is 60.5 Å². The number of nitrogens with zero attached hydrogens (tertiary/aromatic N) is 2. The van der Waals surface area contributed by atoms with Gasteiger partial charge in [-0.05, 0) is 29.1 Å². The molecule has 3 heterocycles. The summed E-state index contributed by atoms with van der Waals surface area (Å²) in [6.07, 6.45) is 1.58. The zero-order valence-electron chi connectivity index (χ0n) is 14.2. The van der Waals surface area contributed by atoms with Crippen molar-refractivity contribution < 1.29 is 19.4 Å². The van der Waals surface area contributed by atoms with Crippen molar-refractivity contribution in [1.82, 2.24) is 4.98 Å². The van der Waals surface area contributed by atoms with Gasteiger partial charge in [0.25, 0.3) is 5.91 Å². The van der Waals surface area contributed by atoms with Gasteiger partial charge in [0.1, 0.15) is 5.75 Å². The second kappa shape index (κ2) is 6.98. The van der Waals surface area contributed by atoms with Gasteiger partial charge in [0.15, 0.2) is 10.9 Å². The van der Waals surface area contributed by atoms with Crippen LogP contribution in [-0.2, 0) is 4.79 Å². The number of amides is 1. The Bertz CT molecular complexity index is 1010. The van der Waals surface area contributed by atoms with Gasteiger partial charge in [0, 0.05) is 11.6 Å². The highest BCUT2D eigenvalue weighted by Gasteiger charge is 2.45. The summed E-state index contributed by atoms with van der Waals surface area (Å²) in [5, 5.41) is 14.5. The molecule has 0 saturated carbocycles. The van der Waals surface area contributed by atoms with Gasteiger partial charge in [0.2, 0.25) is 5.78 Å². The zero-order chi connectivity index (χ0) is 19.0. The van der Waals surface area contributed by atoms with Crippen LogP contribution in [-0.4, -0.2) is 28.9 Å². The summed E-state index contributed by atoms with van der Waals surface area (Å²) >= 11 is 2.53. The fraction of sp³-hybridized carbons (Fsp3) is 0.105. The second-order valence-electron chi connectivity index (χ2n) is 5.73. The number of carbonyl (C=O) groups excluding carboxylic acids is 2. The maximum Gasteiger partial charge on any atom is 0.296 e. The molecule has 136 valence electrons. The number of rotatable bonds is 5. The van der Waals surface area contributed by atoms with E-state index in [9.17, 15) is 14.7 Å². The van der Waals surface area contributed by atoms with Gasteiger partial charge < -0.3 is 9.84 Å². The van der Waals surface area contributed by atoms with E-state index in [1.807, 2.05) is 0 Å². The molecule has 6 nitrogen and oxygen atoms in total. The van der Waals surface area contributed by atoms with Gasteiger partial charge in [-0.25, -0.2) is 4.98 Å². The normalized spacial score (nSPS) is 16.9. The molecule has 4 rings (SSSR count). The SMILES string of the molecule is COc1ccc([C@H]2C(C(=O)c3cccs3)=C(O)C(=O)N2c2nccs2)cc1. The van der Waals surface area contributed by atoms with Crippen molar-refractivity contribution >= 4 is 39.5 Å². The third kappa shape index (κ3) is 2.92. The summed E-state index contributed by atoms with van der Waals surface area (Å²) in [4.78, 5) is 31.9. The van der Waals surface area contributed by atoms with Crippen molar-refractivity contribution in [3.63, 3.8) is 0 Å². The van der Waals surface area contributed by atoms with E-state index in [2.05, 4.69) is 4.98 Å². The molecule has 1 N–H and O–H groups in total. The van der Waals surface area contributed by atoms with E-state index in [1.165, 1.54) is 27.6 Å². The molecule has 1 atom stereocenters. The first-order valence-electron chi connectivity index (χ1n) is 8.00. The number of carbonyl (C=O) groups is 2. The molecule has 27 heavy (non-hydrogen) atoms. The van der Waals surface area contributed by atoms with Crippen molar-refractivity contribution in [3.8, 4) is 5.75 Å². The molecule has 0 saturated heterocycles. The standard InChI is InChI=1S/C19H14N2O4S2/c1-25-12-6-4-11(5-7-12)15-14(16(22)13-3-2-9-26-13)17(23)18(24)21(15)19-20-8-10-27-19/h2-10,15,23H,1H3/t15-/m0/s1. The third-order valence-electron chi connectivity index (χ3n) is 4.25. The van der Waals surface area contributed by atoms with Crippen molar-refractivity contribution in [3.05, 3.63) is 75.1 Å². The van der Waals surface area contributed by atoms with Crippen LogP contribution >= 0.6 is 22.7 Å². The number of hydrogen-bond acceptors (Lipinski definition) is 7. The number of aliphatic hydroxyl groups is 1. The van der Waals surface area contributed by atoms with Gasteiger partial charge in [-0.2, -0.15) is 0 Å². The third-order valence-corrected chi connectivity index (χ3v) is 5.89. The lowest BCUT2D eigenvalue weighted by atomic mass is 9.95. The molecule has 0 radical (unpaired) electrons. The molecular weight excluding hydrogens is 384 g/mol. The average molecular weight is 398 g/mol. The number of methoxy groups -OCH3 is 1. The van der Waals surface area contributed by atoms with Crippen LogP contribution < -0.4 is 9.64 Å². The van der Waals surface area contributed by atoms with E-state index < -0.39 is 17.7 Å². The minimum absolute atomic E-state index is 0.0582. The van der Waals surface area contributed by atoms with Crippen molar-refractivity contribution in [1.29, 1.82) is 0 Å². The number of ketones is 1. The highest BCUT2D eigenvalue weighted by molar-refractivity contribution is 7.14. The van der Waals surface area contributed by atoms with E-state index in [0.29, 0.717) is 21.3 Å². The molecule has 0 spiro atoms. The Morgan fingerprint density at radius 1 is 1.19 bits per heavy atom. The van der Waals surface area contributed by atoms with E-state index in [0.717, 1.165) is 0 Å². The highest BCUT2D eigenvalue weighted by atomic mass is 32.1. The molecular formula is C19H14N2O4S2. The van der Waals surface area contributed by atoms with Crippen LogP contribution in [0.2, 0.25) is 0 Å². The van der Waals surface area contributed by atoms with Gasteiger partial charge >= 0.3 is 0 Å². The number of ether oxygens (including phenoxy) is 1. The number of anilines is 1. The molecule has 0 aliphatic carbocycles. The van der Waals surface area contributed by atoms with E-state index >= 15 is 0 Å². The van der Waals surface area contributed by atoms with Crippen LogP contribution in [0.15, 0.2) is 64.7 Å². The molecule has 0 unspecified atom stereocenters. The van der Waals surface area contributed by atoms with Gasteiger partial charge in [-0.1, -0.05) is 18.2 Å². The van der Waals surface area contributed by atoms with Crippen molar-refractivity contribution in [2.45, 2.75) is 6.04 Å². The Morgan fingerprint density at radius 3 is 2.56 bits per heavy atom. The Hall–Kier alpha value is -2.97. The summed E-state index contributed by atoms with van der Waals surface area (Å²) in [6.45, 7) is 0. The van der Waals surface area contributed by atoms with E-state index in [4.69, 9.17) is 4.74 Å². The van der Waals surface area contributed by atoms with Crippen LogP contribution in [0, 0.1) is 0 Å². The first kappa shape index (κ1) is 17.4. The minimum Gasteiger partial charge on any atom is -0.503 e. The lowest BCUT2D eigenvalue weighted by Crippen LogP contribution is -2.30. The minimum atomic E-state index is -0.760. The number of thiophene rings is 1. The van der Waals surface area contributed by atoms with Crippen LogP contribution in [0.25, 0.3) is 0 Å². The Kier molecular flexibility index (Phi) is 4.51. The van der Waals surface area contributed by atoms with Crippen LogP contribution in [0.3, 0.4) is 0 Å². The lowest BCUT2D eigenvalue weighted by Gasteiger charge is -2.24. The summed E-state index contributed by atoms with van der Waals surface area (Å²) in [5.41, 5.74) is 0.742. The van der Waals surface area contributed by atoms with Crippen LogP contribution in [0.4, 0.5) is 5.13 Å². The van der Waals surface area contributed by atoms with E-state index in [-0.39, 0.29) is 11.4 Å². The second-order valence-corrected chi connectivity index (χ2v) is 7.55. The van der Waals surface area contributed by atoms with Crippen LogP contribution in [0.5, 0.6) is 5.75 Å². The highest BCUT2D eigenvalue weighted by Crippen LogP contribution is 2.43. The monoisotopic (exact) mass is 398 g/mol. The largest absolute Gasteiger partial charge is 0.503 e. The van der Waals surface area contributed by atoms with Gasteiger partial charge in [0.05, 0.1) is 23.6 Å². The predicted molar refractivity (Wildman–Crippen MR) is 104 cm³/mol. The summed E-state index contributed by atoms with van der Waals surface area (Å²) in [7, 11) is 1.56. The molecule has 0 bridgehead atoms. The topological polar surface area (TPSA) is 79.7 Å². The first-order valence-corrected chi connectivity index (χ1v) is 9.76. The maximum atomic E-state index is 13.1. The summed E-state index contributed by atoms with van der Waals surface area (Å²) in [5.74, 6) is -0.881. The molecule has 2 aromatic heterocycles. The maximum absolute atomic E-state index is 13.1.